The number of carbonyl (C=O) groups excluding carboxylic acids is 1. The smallest absolute Gasteiger partial charge is 0.185 e. The summed E-state index contributed by atoms with van der Waals surface area (Å²) < 4.78 is 13.3. The minimum atomic E-state index is -0.825. The first-order valence-electron chi connectivity index (χ1n) is 4.32. The van der Waals surface area contributed by atoms with Gasteiger partial charge in [-0.05, 0) is 31.0 Å². The van der Waals surface area contributed by atoms with E-state index in [1.54, 1.807) is 0 Å². The van der Waals surface area contributed by atoms with Crippen molar-refractivity contribution in [1.29, 1.82) is 0 Å². The Morgan fingerprint density at radius 3 is 2.64 bits per heavy atom. The van der Waals surface area contributed by atoms with Crippen molar-refractivity contribution in [1.82, 2.24) is 0 Å². The predicted molar refractivity (Wildman–Crippen MR) is 51.9 cm³/mol. The van der Waals surface area contributed by atoms with Gasteiger partial charge in [-0.2, -0.15) is 0 Å². The lowest BCUT2D eigenvalue weighted by Crippen LogP contribution is -2.33. The van der Waals surface area contributed by atoms with E-state index in [0.717, 1.165) is 6.07 Å². The summed E-state index contributed by atoms with van der Waals surface area (Å²) in [5.41, 5.74) is 4.89. The number of rotatable bonds is 2. The van der Waals surface area contributed by atoms with Crippen LogP contribution in [0, 0.1) is 5.82 Å². The van der Waals surface area contributed by atoms with Crippen molar-refractivity contribution < 1.29 is 9.18 Å². The van der Waals surface area contributed by atoms with Crippen LogP contribution in [0.25, 0.3) is 0 Å². The van der Waals surface area contributed by atoms with Gasteiger partial charge in [0.15, 0.2) is 5.78 Å². The fraction of sp³-hybridized carbons (Fsp3) is 0.300. The van der Waals surface area contributed by atoms with Crippen LogP contribution in [0.2, 0.25) is 5.02 Å². The molecule has 1 aromatic carbocycles. The second kappa shape index (κ2) is 3.04. The first-order chi connectivity index (χ1) is 6.53. The molecule has 1 fully saturated rings. The van der Waals surface area contributed by atoms with Gasteiger partial charge in [-0.3, -0.25) is 4.79 Å². The van der Waals surface area contributed by atoms with E-state index in [1.807, 2.05) is 0 Å². The third-order valence-corrected chi connectivity index (χ3v) is 2.65. The maximum atomic E-state index is 13.3. The van der Waals surface area contributed by atoms with E-state index in [1.165, 1.54) is 12.1 Å². The molecule has 4 heteroatoms. The Bertz CT molecular complexity index is 401. The molecule has 1 aromatic rings. The zero-order valence-electron chi connectivity index (χ0n) is 7.39. The predicted octanol–water partition coefficient (Wildman–Crippen LogP) is 2.15. The minimum absolute atomic E-state index is 0.0365. The summed E-state index contributed by atoms with van der Waals surface area (Å²) in [7, 11) is 0. The molecular formula is C10H9ClFNO. The first-order valence-corrected chi connectivity index (χ1v) is 4.69. The fourth-order valence-electron chi connectivity index (χ4n) is 1.30. The zero-order chi connectivity index (χ0) is 10.3. The number of benzene rings is 1. The SMILES string of the molecule is NC1(C(=O)c2ccc(Cl)cc2F)CC1. The van der Waals surface area contributed by atoms with Gasteiger partial charge in [0.1, 0.15) is 5.82 Å². The summed E-state index contributed by atoms with van der Waals surface area (Å²) in [6.45, 7) is 0. The van der Waals surface area contributed by atoms with Gasteiger partial charge in [0.2, 0.25) is 0 Å². The van der Waals surface area contributed by atoms with E-state index in [-0.39, 0.29) is 16.4 Å². The highest BCUT2D eigenvalue weighted by atomic mass is 35.5. The summed E-state index contributed by atoms with van der Waals surface area (Å²) in [5.74, 6) is -0.925. The molecule has 14 heavy (non-hydrogen) atoms. The van der Waals surface area contributed by atoms with E-state index in [9.17, 15) is 9.18 Å². The fourth-order valence-corrected chi connectivity index (χ4v) is 1.46. The quantitative estimate of drug-likeness (QED) is 0.765. The molecule has 2 nitrogen and oxygen atoms in total. The molecule has 0 unspecified atom stereocenters. The largest absolute Gasteiger partial charge is 0.319 e. The molecule has 0 amide bonds. The van der Waals surface area contributed by atoms with Crippen LogP contribution >= 0.6 is 11.6 Å². The Morgan fingerprint density at radius 2 is 2.14 bits per heavy atom. The molecule has 0 bridgehead atoms. The lowest BCUT2D eigenvalue weighted by molar-refractivity contribution is 0.0945. The Labute approximate surface area is 85.9 Å². The van der Waals surface area contributed by atoms with Gasteiger partial charge < -0.3 is 5.73 Å². The molecule has 0 radical (unpaired) electrons. The molecule has 0 atom stereocenters. The van der Waals surface area contributed by atoms with Gasteiger partial charge in [0, 0.05) is 5.02 Å². The lowest BCUT2D eigenvalue weighted by Gasteiger charge is -2.08. The van der Waals surface area contributed by atoms with Gasteiger partial charge in [0.05, 0.1) is 11.1 Å². The van der Waals surface area contributed by atoms with Gasteiger partial charge in [0.25, 0.3) is 0 Å². The molecule has 2 N–H and O–H groups in total. The van der Waals surface area contributed by atoms with Gasteiger partial charge in [-0.15, -0.1) is 0 Å². The number of nitrogens with two attached hydrogens (primary N) is 1. The molecule has 0 spiro atoms. The molecule has 0 heterocycles. The zero-order valence-corrected chi connectivity index (χ0v) is 8.14. The van der Waals surface area contributed by atoms with Crippen LogP contribution in [0.3, 0.4) is 0 Å². The van der Waals surface area contributed by atoms with E-state index < -0.39 is 11.4 Å². The average Bonchev–Trinajstić information content (AvgIpc) is 2.84. The van der Waals surface area contributed by atoms with Gasteiger partial charge in [-0.1, -0.05) is 11.6 Å². The molecule has 0 saturated heterocycles. The summed E-state index contributed by atoms with van der Waals surface area (Å²) in [4.78, 5) is 11.7. The van der Waals surface area contributed by atoms with Gasteiger partial charge in [-0.25, -0.2) is 4.39 Å². The summed E-state index contributed by atoms with van der Waals surface area (Å²) in [6.07, 6.45) is 1.27. The van der Waals surface area contributed by atoms with Crippen LogP contribution in [0.15, 0.2) is 18.2 Å². The molecule has 74 valence electrons. The molecular weight excluding hydrogens is 205 g/mol. The topological polar surface area (TPSA) is 43.1 Å². The summed E-state index contributed by atoms with van der Waals surface area (Å²) in [5, 5.41) is 0.279. The van der Waals surface area contributed by atoms with E-state index >= 15 is 0 Å². The molecule has 0 aliphatic heterocycles. The number of hydrogen-bond acceptors (Lipinski definition) is 2. The van der Waals surface area contributed by atoms with Crippen molar-refractivity contribution in [2.45, 2.75) is 18.4 Å². The van der Waals surface area contributed by atoms with Crippen molar-refractivity contribution in [2.24, 2.45) is 5.73 Å². The third-order valence-electron chi connectivity index (χ3n) is 2.42. The summed E-state index contributed by atoms with van der Waals surface area (Å²) in [6, 6.07) is 4.00. The standard InChI is InChI=1S/C10H9ClFNO/c11-6-1-2-7(8(12)5-6)9(14)10(13)3-4-10/h1-2,5H,3-4,13H2. The number of ketones is 1. The van der Waals surface area contributed by atoms with Crippen molar-refractivity contribution in [3.8, 4) is 0 Å². The third kappa shape index (κ3) is 1.53. The Kier molecular flexibility index (Phi) is 2.09. The maximum absolute atomic E-state index is 13.3. The van der Waals surface area contributed by atoms with Crippen LogP contribution in [0.1, 0.15) is 23.2 Å². The number of carbonyl (C=O) groups is 1. The second-order valence-electron chi connectivity index (χ2n) is 3.61. The second-order valence-corrected chi connectivity index (χ2v) is 4.05. The van der Waals surface area contributed by atoms with E-state index in [2.05, 4.69) is 0 Å². The van der Waals surface area contributed by atoms with Crippen molar-refractivity contribution in [3.05, 3.63) is 34.6 Å². The van der Waals surface area contributed by atoms with E-state index in [4.69, 9.17) is 17.3 Å². The van der Waals surface area contributed by atoms with Crippen LogP contribution < -0.4 is 5.73 Å². The van der Waals surface area contributed by atoms with Crippen LogP contribution in [-0.2, 0) is 0 Å². The maximum Gasteiger partial charge on any atom is 0.185 e. The molecule has 1 aliphatic carbocycles. The van der Waals surface area contributed by atoms with Gasteiger partial charge >= 0.3 is 0 Å². The number of halogens is 2. The molecule has 0 aromatic heterocycles. The number of hydrogen-bond donors (Lipinski definition) is 1. The Morgan fingerprint density at radius 1 is 1.50 bits per heavy atom. The van der Waals surface area contributed by atoms with Crippen LogP contribution in [0.4, 0.5) is 4.39 Å². The summed E-state index contributed by atoms with van der Waals surface area (Å²) >= 11 is 5.57. The number of Topliss-reactive ketones (excluding diaryl/α,β-unsaturated/α-hetero) is 1. The lowest BCUT2D eigenvalue weighted by atomic mass is 10.0. The monoisotopic (exact) mass is 213 g/mol. The average molecular weight is 214 g/mol. The van der Waals surface area contributed by atoms with Crippen LogP contribution in [0.5, 0.6) is 0 Å². The molecule has 1 saturated carbocycles. The van der Waals surface area contributed by atoms with Crippen molar-refractivity contribution >= 4 is 17.4 Å². The normalized spacial score (nSPS) is 17.9. The highest BCUT2D eigenvalue weighted by molar-refractivity contribution is 6.30. The Balaban J connectivity index is 2.37. The highest BCUT2D eigenvalue weighted by Crippen LogP contribution is 2.36. The highest BCUT2D eigenvalue weighted by Gasteiger charge is 2.46. The first kappa shape index (κ1) is 9.62. The molecule has 2 rings (SSSR count). The molecule has 1 aliphatic rings. The van der Waals surface area contributed by atoms with Crippen LogP contribution in [-0.4, -0.2) is 11.3 Å². The van der Waals surface area contributed by atoms with E-state index in [0.29, 0.717) is 12.8 Å². The van der Waals surface area contributed by atoms with Crippen molar-refractivity contribution in [2.75, 3.05) is 0 Å². The van der Waals surface area contributed by atoms with Crippen molar-refractivity contribution in [3.63, 3.8) is 0 Å². The minimum Gasteiger partial charge on any atom is -0.319 e. The Hall–Kier alpha value is -0.930.